The third-order valence-electron chi connectivity index (χ3n) is 4.65. The average molecular weight is 355 g/mol. The van der Waals surface area contributed by atoms with Gasteiger partial charge in [0.25, 0.3) is 0 Å². The first-order valence-corrected chi connectivity index (χ1v) is 8.72. The van der Waals surface area contributed by atoms with Crippen LogP contribution < -0.4 is 19.5 Å². The fraction of sp³-hybridized carbons (Fsp3) is 0.350. The monoisotopic (exact) mass is 355 g/mol. The molecule has 6 heteroatoms. The Morgan fingerprint density at radius 3 is 2.42 bits per heavy atom. The number of rotatable bonds is 5. The van der Waals surface area contributed by atoms with E-state index in [1.807, 2.05) is 0 Å². The van der Waals surface area contributed by atoms with Crippen molar-refractivity contribution < 1.29 is 24.1 Å². The van der Waals surface area contributed by atoms with E-state index in [1.165, 1.54) is 0 Å². The van der Waals surface area contributed by atoms with Gasteiger partial charge in [-0.05, 0) is 36.6 Å². The van der Waals surface area contributed by atoms with E-state index in [0.717, 1.165) is 12.8 Å². The maximum absolute atomic E-state index is 12.3. The summed E-state index contributed by atoms with van der Waals surface area (Å²) in [5, 5.41) is 13.9. The van der Waals surface area contributed by atoms with Gasteiger partial charge in [0, 0.05) is 17.5 Å². The maximum Gasteiger partial charge on any atom is 0.227 e. The van der Waals surface area contributed by atoms with Gasteiger partial charge in [-0.25, -0.2) is 0 Å². The predicted molar refractivity (Wildman–Crippen MR) is 95.8 cm³/mol. The number of aliphatic hydroxyl groups excluding tert-OH is 1. The van der Waals surface area contributed by atoms with Crippen LogP contribution in [0.3, 0.4) is 0 Å². The lowest BCUT2D eigenvalue weighted by molar-refractivity contribution is -0.117. The Labute approximate surface area is 151 Å². The molecule has 0 aromatic heterocycles. The van der Waals surface area contributed by atoms with Gasteiger partial charge in [0.2, 0.25) is 5.91 Å². The van der Waals surface area contributed by atoms with E-state index in [1.54, 1.807) is 43.5 Å². The highest BCUT2D eigenvalue weighted by Crippen LogP contribution is 2.41. The zero-order chi connectivity index (χ0) is 18.1. The number of methoxy groups -OCH3 is 1. The summed E-state index contributed by atoms with van der Waals surface area (Å²) in [5.41, 5.74) is 1.83. The lowest BCUT2D eigenvalue weighted by Crippen LogP contribution is -2.19. The van der Waals surface area contributed by atoms with E-state index in [4.69, 9.17) is 14.2 Å². The van der Waals surface area contributed by atoms with Gasteiger partial charge in [-0.1, -0.05) is 12.1 Å². The smallest absolute Gasteiger partial charge is 0.227 e. The largest absolute Gasteiger partial charge is 0.497 e. The molecular weight excluding hydrogens is 334 g/mol. The van der Waals surface area contributed by atoms with Gasteiger partial charge < -0.3 is 24.6 Å². The summed E-state index contributed by atoms with van der Waals surface area (Å²) in [5.74, 6) is 1.90. The fourth-order valence-electron chi connectivity index (χ4n) is 2.99. The topological polar surface area (TPSA) is 77.0 Å². The normalized spacial score (nSPS) is 16.7. The van der Waals surface area contributed by atoms with Crippen LogP contribution in [-0.2, 0) is 4.79 Å². The first-order valence-electron chi connectivity index (χ1n) is 8.72. The van der Waals surface area contributed by atoms with E-state index in [9.17, 15) is 9.90 Å². The lowest BCUT2D eigenvalue weighted by Gasteiger charge is -2.23. The van der Waals surface area contributed by atoms with Crippen molar-refractivity contribution in [1.82, 2.24) is 0 Å². The summed E-state index contributed by atoms with van der Waals surface area (Å²) < 4.78 is 16.4. The molecule has 1 atom stereocenters. The Kier molecular flexibility index (Phi) is 4.42. The minimum atomic E-state index is -0.911. The van der Waals surface area contributed by atoms with Crippen LogP contribution in [0, 0.1) is 5.92 Å². The Morgan fingerprint density at radius 1 is 1.15 bits per heavy atom. The highest BCUT2D eigenvalue weighted by atomic mass is 16.6. The molecule has 0 bridgehead atoms. The molecule has 1 aliphatic heterocycles. The Hall–Kier alpha value is -2.73. The minimum absolute atomic E-state index is 0.0233. The molecule has 1 heterocycles. The van der Waals surface area contributed by atoms with Gasteiger partial charge in [-0.15, -0.1) is 0 Å². The minimum Gasteiger partial charge on any atom is -0.497 e. The van der Waals surface area contributed by atoms with E-state index >= 15 is 0 Å². The van der Waals surface area contributed by atoms with Crippen molar-refractivity contribution in [3.05, 3.63) is 47.5 Å². The molecule has 136 valence electrons. The number of anilines is 1. The Morgan fingerprint density at radius 2 is 1.81 bits per heavy atom. The standard InChI is InChI=1S/C20H21NO5/c1-24-14-6-4-12(5-7-14)19(22)15-10-17-18(26-9-8-25-17)11-16(15)21-20(23)13-2-3-13/h4-7,10-11,13,19,22H,2-3,8-9H2,1H3,(H,21,23)/t19-/m1/s1. The molecule has 2 N–H and O–H groups in total. The first kappa shape index (κ1) is 16.7. The van der Waals surface area contributed by atoms with Gasteiger partial charge in [0.1, 0.15) is 25.1 Å². The number of hydrogen-bond donors (Lipinski definition) is 2. The summed E-state index contributed by atoms with van der Waals surface area (Å²) in [4.78, 5) is 12.3. The second-order valence-corrected chi connectivity index (χ2v) is 6.52. The summed E-state index contributed by atoms with van der Waals surface area (Å²) in [6.07, 6.45) is 0.908. The van der Waals surface area contributed by atoms with E-state index in [0.29, 0.717) is 47.3 Å². The van der Waals surface area contributed by atoms with Gasteiger partial charge in [-0.3, -0.25) is 4.79 Å². The number of carbonyl (C=O) groups excluding carboxylic acids is 1. The number of ether oxygens (including phenoxy) is 3. The molecule has 2 aromatic carbocycles. The number of aliphatic hydroxyl groups is 1. The number of nitrogens with one attached hydrogen (secondary N) is 1. The molecule has 2 aliphatic rings. The van der Waals surface area contributed by atoms with Crippen LogP contribution in [0.4, 0.5) is 5.69 Å². The molecule has 0 radical (unpaired) electrons. The molecular formula is C20H21NO5. The van der Waals surface area contributed by atoms with Gasteiger partial charge in [0.15, 0.2) is 11.5 Å². The lowest BCUT2D eigenvalue weighted by atomic mass is 9.98. The molecule has 0 unspecified atom stereocenters. The number of hydrogen-bond acceptors (Lipinski definition) is 5. The van der Waals surface area contributed by atoms with Crippen LogP contribution in [0.2, 0.25) is 0 Å². The van der Waals surface area contributed by atoms with Crippen LogP contribution in [0.5, 0.6) is 17.2 Å². The average Bonchev–Trinajstić information content (AvgIpc) is 3.52. The summed E-state index contributed by atoms with van der Waals surface area (Å²) in [7, 11) is 1.60. The Balaban J connectivity index is 1.70. The van der Waals surface area contributed by atoms with Crippen molar-refractivity contribution in [2.24, 2.45) is 5.92 Å². The van der Waals surface area contributed by atoms with Crippen molar-refractivity contribution in [2.75, 3.05) is 25.6 Å². The number of amides is 1. The van der Waals surface area contributed by atoms with Gasteiger partial charge in [0.05, 0.1) is 12.8 Å². The molecule has 1 amide bonds. The Bertz CT molecular complexity index is 814. The first-order chi connectivity index (χ1) is 12.7. The molecule has 4 rings (SSSR count). The SMILES string of the molecule is COc1ccc([C@@H](O)c2cc3c(cc2NC(=O)C2CC2)OCCO3)cc1. The second-order valence-electron chi connectivity index (χ2n) is 6.52. The summed E-state index contributed by atoms with van der Waals surface area (Å²) >= 11 is 0. The van der Waals surface area contributed by atoms with Crippen LogP contribution >= 0.6 is 0 Å². The van der Waals surface area contributed by atoms with Crippen molar-refractivity contribution in [3.8, 4) is 17.2 Å². The van der Waals surface area contributed by atoms with Crippen LogP contribution in [-0.4, -0.2) is 31.3 Å². The number of carbonyl (C=O) groups is 1. The molecule has 1 fully saturated rings. The summed E-state index contributed by atoms with van der Waals surface area (Å²) in [6, 6.07) is 10.7. The number of benzene rings is 2. The van der Waals surface area contributed by atoms with Crippen LogP contribution in [0.15, 0.2) is 36.4 Å². The molecule has 26 heavy (non-hydrogen) atoms. The van der Waals surface area contributed by atoms with E-state index in [-0.39, 0.29) is 11.8 Å². The van der Waals surface area contributed by atoms with E-state index < -0.39 is 6.10 Å². The highest BCUT2D eigenvalue weighted by molar-refractivity contribution is 5.95. The third-order valence-corrected chi connectivity index (χ3v) is 4.65. The quantitative estimate of drug-likeness (QED) is 0.862. The van der Waals surface area contributed by atoms with Crippen molar-refractivity contribution in [2.45, 2.75) is 18.9 Å². The van der Waals surface area contributed by atoms with Crippen molar-refractivity contribution >= 4 is 11.6 Å². The molecule has 1 saturated carbocycles. The molecule has 6 nitrogen and oxygen atoms in total. The predicted octanol–water partition coefficient (Wildman–Crippen LogP) is 2.90. The maximum atomic E-state index is 12.3. The van der Waals surface area contributed by atoms with Gasteiger partial charge >= 0.3 is 0 Å². The second kappa shape index (κ2) is 6.88. The van der Waals surface area contributed by atoms with Crippen molar-refractivity contribution in [3.63, 3.8) is 0 Å². The van der Waals surface area contributed by atoms with Crippen LogP contribution in [0.25, 0.3) is 0 Å². The third kappa shape index (κ3) is 3.32. The van der Waals surface area contributed by atoms with E-state index in [2.05, 4.69) is 5.32 Å². The zero-order valence-electron chi connectivity index (χ0n) is 14.5. The zero-order valence-corrected chi connectivity index (χ0v) is 14.5. The fourth-order valence-corrected chi connectivity index (χ4v) is 2.99. The molecule has 0 saturated heterocycles. The molecule has 2 aromatic rings. The molecule has 1 aliphatic carbocycles. The van der Waals surface area contributed by atoms with Gasteiger partial charge in [-0.2, -0.15) is 0 Å². The molecule has 0 spiro atoms. The van der Waals surface area contributed by atoms with Crippen molar-refractivity contribution in [1.29, 1.82) is 0 Å². The highest BCUT2D eigenvalue weighted by Gasteiger charge is 2.31. The number of fused-ring (bicyclic) bond motifs is 1. The summed E-state index contributed by atoms with van der Waals surface area (Å²) in [6.45, 7) is 0.919. The van der Waals surface area contributed by atoms with Crippen LogP contribution in [0.1, 0.15) is 30.1 Å².